The van der Waals surface area contributed by atoms with Crippen LogP contribution in [0.15, 0.2) is 36.5 Å². The normalized spacial score (nSPS) is 19.7. The zero-order chi connectivity index (χ0) is 18.9. The third-order valence-corrected chi connectivity index (χ3v) is 4.51. The monoisotopic (exact) mass is 379 g/mol. The summed E-state index contributed by atoms with van der Waals surface area (Å²) in [7, 11) is 0. The average Bonchev–Trinajstić information content (AvgIpc) is 2.88. The largest absolute Gasteiger partial charge is 0.351 e. The van der Waals surface area contributed by atoms with Gasteiger partial charge in [-0.05, 0) is 36.8 Å². The Labute approximate surface area is 154 Å². The Morgan fingerprint density at radius 1 is 1.31 bits per heavy atom. The van der Waals surface area contributed by atoms with E-state index in [-0.39, 0.29) is 37.0 Å². The van der Waals surface area contributed by atoms with Crippen molar-refractivity contribution >= 4 is 29.1 Å². The highest BCUT2D eigenvalue weighted by molar-refractivity contribution is 6.29. The third-order valence-electron chi connectivity index (χ3n) is 4.30. The summed E-state index contributed by atoms with van der Waals surface area (Å²) in [5.74, 6) is -2.24. The lowest BCUT2D eigenvalue weighted by atomic mass is 9.88. The van der Waals surface area contributed by atoms with Crippen LogP contribution in [0, 0.1) is 17.0 Å². The van der Waals surface area contributed by atoms with Crippen molar-refractivity contribution in [1.29, 1.82) is 0 Å². The first-order valence-electron chi connectivity index (χ1n) is 7.92. The second-order valence-electron chi connectivity index (χ2n) is 6.51. The number of nitrogens with one attached hydrogen (secondary N) is 1. The molecule has 1 N–H and O–H groups in total. The number of aromatic nitrogens is 1. The highest BCUT2D eigenvalue weighted by atomic mass is 35.5. The molecule has 0 spiro atoms. The molecule has 1 unspecified atom stereocenters. The van der Waals surface area contributed by atoms with Gasteiger partial charge in [0.15, 0.2) is 0 Å². The highest BCUT2D eigenvalue weighted by Gasteiger charge is 2.45. The van der Waals surface area contributed by atoms with Gasteiger partial charge < -0.3 is 10.2 Å². The predicted octanol–water partition coefficient (Wildman–Crippen LogP) is 3.07. The fourth-order valence-corrected chi connectivity index (χ4v) is 3.15. The van der Waals surface area contributed by atoms with Crippen LogP contribution < -0.4 is 10.2 Å². The van der Waals surface area contributed by atoms with Gasteiger partial charge in [-0.3, -0.25) is 9.59 Å². The van der Waals surface area contributed by atoms with Crippen molar-refractivity contribution in [3.63, 3.8) is 0 Å². The number of rotatable bonds is 4. The molecule has 26 heavy (non-hydrogen) atoms. The van der Waals surface area contributed by atoms with Crippen LogP contribution in [0.2, 0.25) is 5.15 Å². The van der Waals surface area contributed by atoms with E-state index in [0.29, 0.717) is 5.15 Å². The van der Waals surface area contributed by atoms with Gasteiger partial charge in [0.2, 0.25) is 11.8 Å². The molecule has 0 aliphatic carbocycles. The number of pyridine rings is 1. The summed E-state index contributed by atoms with van der Waals surface area (Å²) in [5.41, 5.74) is -0.128. The first kappa shape index (κ1) is 18.3. The molecule has 1 atom stereocenters. The average molecular weight is 380 g/mol. The predicted molar refractivity (Wildman–Crippen MR) is 92.5 cm³/mol. The zero-order valence-electron chi connectivity index (χ0n) is 13.9. The van der Waals surface area contributed by atoms with E-state index in [0.717, 1.165) is 23.8 Å². The standard InChI is InChI=1S/C18H16ClF2N3O2/c1-18(17(26)23-9-11-2-3-22-15(19)4-11)8-16(25)24(10-18)14-6-12(20)5-13(21)7-14/h2-7H,8-10H2,1H3,(H,23,26). The fraction of sp³-hybridized carbons (Fsp3) is 0.278. The molecule has 2 heterocycles. The molecule has 2 amide bonds. The first-order valence-corrected chi connectivity index (χ1v) is 8.30. The number of carbonyl (C=O) groups is 2. The van der Waals surface area contributed by atoms with Gasteiger partial charge in [0.25, 0.3) is 0 Å². The van der Waals surface area contributed by atoms with E-state index in [4.69, 9.17) is 11.6 Å². The number of benzene rings is 1. The van der Waals surface area contributed by atoms with E-state index in [9.17, 15) is 18.4 Å². The van der Waals surface area contributed by atoms with Crippen LogP contribution in [0.25, 0.3) is 0 Å². The van der Waals surface area contributed by atoms with E-state index >= 15 is 0 Å². The Bertz CT molecular complexity index is 857. The molecule has 136 valence electrons. The van der Waals surface area contributed by atoms with Crippen LogP contribution in [-0.2, 0) is 16.1 Å². The van der Waals surface area contributed by atoms with Crippen LogP contribution in [0.5, 0.6) is 0 Å². The molecule has 1 saturated heterocycles. The molecule has 3 rings (SSSR count). The van der Waals surface area contributed by atoms with Crippen LogP contribution in [0.4, 0.5) is 14.5 Å². The number of halogens is 3. The minimum atomic E-state index is -1.00. The van der Waals surface area contributed by atoms with Crippen LogP contribution in [-0.4, -0.2) is 23.3 Å². The Hall–Kier alpha value is -2.54. The van der Waals surface area contributed by atoms with E-state index in [1.165, 1.54) is 11.1 Å². The van der Waals surface area contributed by atoms with Crippen molar-refractivity contribution in [2.45, 2.75) is 19.9 Å². The van der Waals surface area contributed by atoms with Crippen LogP contribution in [0.1, 0.15) is 18.9 Å². The maximum atomic E-state index is 13.4. The van der Waals surface area contributed by atoms with Crippen molar-refractivity contribution in [1.82, 2.24) is 10.3 Å². The lowest BCUT2D eigenvalue weighted by Crippen LogP contribution is -2.40. The molecule has 1 aliphatic heterocycles. The zero-order valence-corrected chi connectivity index (χ0v) is 14.7. The Kier molecular flexibility index (Phi) is 4.91. The van der Waals surface area contributed by atoms with E-state index < -0.39 is 17.0 Å². The Morgan fingerprint density at radius 2 is 2.00 bits per heavy atom. The molecule has 2 aromatic rings. The summed E-state index contributed by atoms with van der Waals surface area (Å²) in [6, 6.07) is 6.23. The fourth-order valence-electron chi connectivity index (χ4n) is 2.95. The first-order chi connectivity index (χ1) is 12.3. The SMILES string of the molecule is CC1(C(=O)NCc2ccnc(Cl)c2)CC(=O)N(c2cc(F)cc(F)c2)C1. The van der Waals surface area contributed by atoms with Crippen LogP contribution >= 0.6 is 11.6 Å². The summed E-state index contributed by atoms with van der Waals surface area (Å²) in [6.07, 6.45) is 1.49. The number of hydrogen-bond acceptors (Lipinski definition) is 3. The van der Waals surface area contributed by atoms with Gasteiger partial charge in [-0.2, -0.15) is 0 Å². The van der Waals surface area contributed by atoms with Gasteiger partial charge in [-0.15, -0.1) is 0 Å². The molecule has 1 fully saturated rings. The summed E-state index contributed by atoms with van der Waals surface area (Å²) in [5, 5.41) is 3.09. The van der Waals surface area contributed by atoms with E-state index in [2.05, 4.69) is 10.3 Å². The molecule has 5 nitrogen and oxygen atoms in total. The second-order valence-corrected chi connectivity index (χ2v) is 6.90. The quantitative estimate of drug-likeness (QED) is 0.830. The van der Waals surface area contributed by atoms with E-state index in [1.54, 1.807) is 19.1 Å². The Morgan fingerprint density at radius 3 is 2.65 bits per heavy atom. The molecule has 0 saturated carbocycles. The Balaban J connectivity index is 1.71. The number of nitrogens with zero attached hydrogens (tertiary/aromatic N) is 2. The molecule has 1 aromatic carbocycles. The third kappa shape index (κ3) is 3.83. The topological polar surface area (TPSA) is 62.3 Å². The van der Waals surface area contributed by atoms with Crippen molar-refractivity contribution < 1.29 is 18.4 Å². The number of hydrogen-bond donors (Lipinski definition) is 1. The van der Waals surface area contributed by atoms with Crippen LogP contribution in [0.3, 0.4) is 0 Å². The second kappa shape index (κ2) is 6.99. The summed E-state index contributed by atoms with van der Waals surface area (Å²) in [6.45, 7) is 1.92. The minimum Gasteiger partial charge on any atom is -0.351 e. The molecular formula is C18H16ClF2N3O2. The smallest absolute Gasteiger partial charge is 0.228 e. The van der Waals surface area contributed by atoms with E-state index in [1.807, 2.05) is 0 Å². The molecule has 8 heteroatoms. The van der Waals surface area contributed by atoms with Gasteiger partial charge in [0.1, 0.15) is 16.8 Å². The molecular weight excluding hydrogens is 364 g/mol. The molecule has 1 aromatic heterocycles. The van der Waals surface area contributed by atoms with Gasteiger partial charge in [0.05, 0.1) is 5.41 Å². The van der Waals surface area contributed by atoms with Gasteiger partial charge in [-0.1, -0.05) is 11.6 Å². The maximum Gasteiger partial charge on any atom is 0.228 e. The highest BCUT2D eigenvalue weighted by Crippen LogP contribution is 2.35. The molecule has 0 radical (unpaired) electrons. The molecule has 1 aliphatic rings. The number of anilines is 1. The van der Waals surface area contributed by atoms with Gasteiger partial charge in [0, 0.05) is 37.5 Å². The summed E-state index contributed by atoms with van der Waals surface area (Å²) >= 11 is 5.81. The van der Waals surface area contributed by atoms with Crippen molar-refractivity contribution in [3.05, 3.63) is 58.9 Å². The van der Waals surface area contributed by atoms with Gasteiger partial charge in [-0.25, -0.2) is 13.8 Å². The van der Waals surface area contributed by atoms with Crippen molar-refractivity contribution in [2.24, 2.45) is 5.41 Å². The lowest BCUT2D eigenvalue weighted by molar-refractivity contribution is -0.131. The minimum absolute atomic E-state index is 0.0393. The van der Waals surface area contributed by atoms with Crippen molar-refractivity contribution in [2.75, 3.05) is 11.4 Å². The van der Waals surface area contributed by atoms with Crippen molar-refractivity contribution in [3.8, 4) is 0 Å². The number of amides is 2. The summed E-state index contributed by atoms with van der Waals surface area (Å²) in [4.78, 5) is 30.0. The maximum absolute atomic E-state index is 13.4. The van der Waals surface area contributed by atoms with Gasteiger partial charge >= 0.3 is 0 Å². The lowest BCUT2D eigenvalue weighted by Gasteiger charge is -2.23. The number of carbonyl (C=O) groups excluding carboxylic acids is 2. The molecule has 0 bridgehead atoms. The summed E-state index contributed by atoms with van der Waals surface area (Å²) < 4.78 is 26.9.